The van der Waals surface area contributed by atoms with Gasteiger partial charge < -0.3 is 29.6 Å². The Morgan fingerprint density at radius 2 is 0.957 bits per heavy atom. The molecule has 2 amide bonds. The van der Waals surface area contributed by atoms with Gasteiger partial charge in [-0.25, -0.2) is 0 Å². The number of carboxylic acid groups (broad SMARTS) is 1. The van der Waals surface area contributed by atoms with Crippen LogP contribution in [0.3, 0.4) is 0 Å². The van der Waals surface area contributed by atoms with E-state index in [9.17, 15) is 33.9 Å². The minimum Gasteiger partial charge on any atom is -0.481 e. The van der Waals surface area contributed by atoms with Crippen LogP contribution in [0.2, 0.25) is 0 Å². The summed E-state index contributed by atoms with van der Waals surface area (Å²) in [5.41, 5.74) is 10.6. The number of esters is 1. The molecule has 6 aromatic rings. The molecule has 362 valence electrons. The topological polar surface area (TPSA) is 192 Å². The van der Waals surface area contributed by atoms with Crippen molar-refractivity contribution in [1.82, 2.24) is 29.7 Å². The number of benzene rings is 2. The van der Waals surface area contributed by atoms with E-state index in [1.807, 2.05) is 118 Å². The Bertz CT molecular complexity index is 2900. The quantitative estimate of drug-likeness (QED) is 0.0791. The van der Waals surface area contributed by atoms with E-state index in [4.69, 9.17) is 4.74 Å². The summed E-state index contributed by atoms with van der Waals surface area (Å²) in [5.74, 6) is -2.61. The van der Waals surface area contributed by atoms with Crippen LogP contribution in [0.15, 0.2) is 120 Å². The number of pyridine rings is 4. The second kappa shape index (κ2) is 23.5. The fourth-order valence-electron chi connectivity index (χ4n) is 8.69. The van der Waals surface area contributed by atoms with Gasteiger partial charge in [0.1, 0.15) is 12.1 Å². The molecule has 0 saturated carbocycles. The van der Waals surface area contributed by atoms with Crippen molar-refractivity contribution in [3.8, 4) is 22.3 Å². The predicted octanol–water partition coefficient (Wildman–Crippen LogP) is 8.82. The number of methoxy groups -OCH3 is 1. The Labute approximate surface area is 403 Å². The first-order chi connectivity index (χ1) is 32.7. The molecule has 2 unspecified atom stereocenters. The highest BCUT2D eigenvalue weighted by Crippen LogP contribution is 2.32. The third-order valence-electron chi connectivity index (χ3n) is 12.1. The molecule has 0 spiro atoms. The summed E-state index contributed by atoms with van der Waals surface area (Å²) in [7, 11) is 1.31. The van der Waals surface area contributed by atoms with E-state index in [-0.39, 0.29) is 41.7 Å². The number of nitrogens with one attached hydrogen (secondary N) is 2. The molecule has 4 heterocycles. The minimum absolute atomic E-state index is 0.0618. The van der Waals surface area contributed by atoms with Gasteiger partial charge in [-0.05, 0) is 133 Å². The molecule has 0 saturated heterocycles. The summed E-state index contributed by atoms with van der Waals surface area (Å²) in [4.78, 5) is 84.7. The first kappa shape index (κ1) is 52.5. The van der Waals surface area contributed by atoms with Crippen LogP contribution >= 0.6 is 0 Å². The zero-order chi connectivity index (χ0) is 50.7. The van der Waals surface area contributed by atoms with E-state index in [0.717, 1.165) is 55.6 Å². The molecule has 2 aromatic carbocycles. The number of hydrogen-bond donors (Lipinski definition) is 3. The van der Waals surface area contributed by atoms with E-state index >= 15 is 0 Å². The zero-order valence-corrected chi connectivity index (χ0v) is 41.4. The number of aryl methyl sites for hydroxylation is 6. The number of rotatable bonds is 16. The van der Waals surface area contributed by atoms with E-state index in [0.29, 0.717) is 11.1 Å². The summed E-state index contributed by atoms with van der Waals surface area (Å²) >= 11 is 0. The van der Waals surface area contributed by atoms with E-state index < -0.39 is 42.0 Å². The second-order valence-corrected chi connectivity index (χ2v) is 18.3. The van der Waals surface area contributed by atoms with Crippen LogP contribution in [0, 0.1) is 53.4 Å². The van der Waals surface area contributed by atoms with Gasteiger partial charge in [-0.2, -0.15) is 0 Å². The molecule has 0 aliphatic carbocycles. The van der Waals surface area contributed by atoms with E-state index in [1.165, 1.54) is 28.4 Å². The van der Waals surface area contributed by atoms with Gasteiger partial charge in [-0.15, -0.1) is 0 Å². The lowest BCUT2D eigenvalue weighted by molar-refractivity contribution is -0.142. The van der Waals surface area contributed by atoms with Crippen LogP contribution in [0.4, 0.5) is 0 Å². The minimum atomic E-state index is -1.05. The third kappa shape index (κ3) is 13.4. The molecule has 3 N–H and O–H groups in total. The van der Waals surface area contributed by atoms with Crippen molar-refractivity contribution < 1.29 is 29.0 Å². The van der Waals surface area contributed by atoms with Crippen LogP contribution in [-0.4, -0.2) is 55.1 Å². The SMILES string of the molecule is COC(=O)C[C@H](NC(=O)C(C(C)C)n1ccc(C)cc1=O)c1cncc(-c2c(C)cccc2C)c1.Cc1ccn(C(C(=O)N[C@@H](CC(=O)O)c2cncc(-c3c(C)cccc3C)c2)C(C)C)c(=O)c1. The van der Waals surface area contributed by atoms with Gasteiger partial charge in [0.15, 0.2) is 0 Å². The number of carbonyl (C=O) groups is 4. The molecule has 0 radical (unpaired) electrons. The Balaban J connectivity index is 0.000000258. The van der Waals surface area contributed by atoms with Gasteiger partial charge in [0, 0.05) is 60.4 Å². The van der Waals surface area contributed by atoms with E-state index in [2.05, 4.69) is 20.6 Å². The monoisotopic (exact) mass is 936 g/mol. The van der Waals surface area contributed by atoms with Crippen LogP contribution in [0.1, 0.15) is 109 Å². The van der Waals surface area contributed by atoms with Crippen LogP contribution in [-0.2, 0) is 23.9 Å². The molecule has 4 atom stereocenters. The first-order valence-electron chi connectivity index (χ1n) is 23.0. The zero-order valence-electron chi connectivity index (χ0n) is 41.4. The summed E-state index contributed by atoms with van der Waals surface area (Å²) in [5, 5.41) is 15.4. The second-order valence-electron chi connectivity index (χ2n) is 18.3. The van der Waals surface area contributed by atoms with E-state index in [1.54, 1.807) is 49.3 Å². The van der Waals surface area contributed by atoms with Crippen molar-refractivity contribution in [2.24, 2.45) is 11.8 Å². The van der Waals surface area contributed by atoms with Gasteiger partial charge in [0.25, 0.3) is 11.1 Å². The molecule has 0 aliphatic rings. The third-order valence-corrected chi connectivity index (χ3v) is 12.1. The number of ether oxygens (including phenoxy) is 1. The molecule has 4 aromatic heterocycles. The number of hydrogen-bond acceptors (Lipinski definition) is 9. The molecular formula is C55H64N6O8. The smallest absolute Gasteiger partial charge is 0.307 e. The summed E-state index contributed by atoms with van der Waals surface area (Å²) in [6, 6.07) is 19.5. The molecule has 6 rings (SSSR count). The van der Waals surface area contributed by atoms with Gasteiger partial charge in [-0.1, -0.05) is 64.1 Å². The number of amides is 2. The Morgan fingerprint density at radius 3 is 1.29 bits per heavy atom. The molecular weight excluding hydrogens is 873 g/mol. The first-order valence-corrected chi connectivity index (χ1v) is 23.0. The lowest BCUT2D eigenvalue weighted by atomic mass is 9.94. The average Bonchev–Trinajstić information content (AvgIpc) is 3.27. The molecule has 69 heavy (non-hydrogen) atoms. The van der Waals surface area contributed by atoms with Crippen LogP contribution in [0.5, 0.6) is 0 Å². The normalized spacial score (nSPS) is 12.8. The number of aromatic nitrogens is 4. The van der Waals surface area contributed by atoms with Crippen LogP contribution < -0.4 is 21.8 Å². The van der Waals surface area contributed by atoms with Crippen molar-refractivity contribution in [2.45, 2.75) is 106 Å². The molecule has 0 aliphatic heterocycles. The molecule has 0 bridgehead atoms. The van der Waals surface area contributed by atoms with Crippen molar-refractivity contribution in [3.63, 3.8) is 0 Å². The maximum atomic E-state index is 13.5. The average molecular weight is 937 g/mol. The lowest BCUT2D eigenvalue weighted by Gasteiger charge is -2.26. The highest BCUT2D eigenvalue weighted by molar-refractivity contribution is 5.83. The van der Waals surface area contributed by atoms with Gasteiger partial charge in [0.05, 0.1) is 32.0 Å². The fraction of sp³-hybridized carbons (Fsp3) is 0.345. The Kier molecular flexibility index (Phi) is 17.9. The Morgan fingerprint density at radius 1 is 0.580 bits per heavy atom. The number of aliphatic carboxylic acids is 1. The lowest BCUT2D eigenvalue weighted by Crippen LogP contribution is -2.41. The summed E-state index contributed by atoms with van der Waals surface area (Å²) < 4.78 is 7.73. The molecule has 14 heteroatoms. The number of nitrogens with zero attached hydrogens (tertiary/aromatic N) is 4. The maximum absolute atomic E-state index is 13.5. The summed E-state index contributed by atoms with van der Waals surface area (Å²) in [6.07, 6.45) is 9.61. The highest BCUT2D eigenvalue weighted by Gasteiger charge is 2.30. The highest BCUT2D eigenvalue weighted by atomic mass is 16.5. The molecule has 14 nitrogen and oxygen atoms in total. The largest absolute Gasteiger partial charge is 0.481 e. The maximum Gasteiger partial charge on any atom is 0.307 e. The molecule has 0 fully saturated rings. The van der Waals surface area contributed by atoms with Crippen molar-refractivity contribution in [2.75, 3.05) is 7.11 Å². The number of carboxylic acids is 1. The summed E-state index contributed by atoms with van der Waals surface area (Å²) in [6.45, 7) is 19.2. The van der Waals surface area contributed by atoms with Crippen molar-refractivity contribution in [3.05, 3.63) is 175 Å². The van der Waals surface area contributed by atoms with Crippen molar-refractivity contribution >= 4 is 23.8 Å². The standard InChI is InChI=1S/C28H33N3O4.C27H31N3O4/c1-17(2)27(31-11-10-18(3)12-24(31)32)28(34)30-23(14-25(33)35-6)21-13-22(16-29-15-21)26-19(4)8-7-9-20(26)5;1-16(2)26(30-10-9-17(3)11-23(30)31)27(34)29-22(13-24(32)33)20-12-21(15-28-14-20)25-18(4)7-6-8-19(25)5/h7-13,15-17,23,27H,14H2,1-6H3,(H,30,34);6-12,14-16,22,26H,13H2,1-5H3,(H,29,34)(H,32,33)/t23-,27?;22-,26?/m00/s1. The van der Waals surface area contributed by atoms with Gasteiger partial charge in [-0.3, -0.25) is 38.7 Å². The number of carbonyl (C=O) groups excluding carboxylic acids is 3. The van der Waals surface area contributed by atoms with Crippen molar-refractivity contribution in [1.29, 1.82) is 0 Å². The van der Waals surface area contributed by atoms with Gasteiger partial charge >= 0.3 is 11.9 Å². The van der Waals surface area contributed by atoms with Crippen LogP contribution in [0.25, 0.3) is 22.3 Å². The predicted molar refractivity (Wildman–Crippen MR) is 268 cm³/mol. The van der Waals surface area contributed by atoms with Gasteiger partial charge in [0.2, 0.25) is 11.8 Å². The fourth-order valence-corrected chi connectivity index (χ4v) is 8.69. The Hall–Kier alpha value is -7.48.